The first kappa shape index (κ1) is 26.8. The fourth-order valence-corrected chi connectivity index (χ4v) is 4.48. The molecule has 184 valence electrons. The van der Waals surface area contributed by atoms with Gasteiger partial charge < -0.3 is 20.1 Å². The number of hydrogen-bond donors (Lipinski definition) is 2. The minimum Gasteiger partial charge on any atom is -0.480 e. The van der Waals surface area contributed by atoms with Crippen LogP contribution < -0.4 is 5.32 Å². The van der Waals surface area contributed by atoms with Gasteiger partial charge in [0.25, 0.3) is 0 Å². The van der Waals surface area contributed by atoms with E-state index in [1.54, 1.807) is 14.0 Å². The molecule has 0 saturated carbocycles. The van der Waals surface area contributed by atoms with Gasteiger partial charge in [0.15, 0.2) is 0 Å². The van der Waals surface area contributed by atoms with E-state index in [4.69, 9.17) is 4.74 Å². The van der Waals surface area contributed by atoms with Crippen LogP contribution in [0.4, 0.5) is 0 Å². The van der Waals surface area contributed by atoms with Crippen LogP contribution in [0.2, 0.25) is 0 Å². The largest absolute Gasteiger partial charge is 0.480 e. The Bertz CT molecular complexity index is 769. The van der Waals surface area contributed by atoms with Crippen molar-refractivity contribution in [2.45, 2.75) is 83.9 Å². The van der Waals surface area contributed by atoms with E-state index in [0.717, 1.165) is 31.2 Å². The van der Waals surface area contributed by atoms with Gasteiger partial charge in [0, 0.05) is 32.0 Å². The lowest BCUT2D eigenvalue weighted by molar-refractivity contribution is -0.142. The minimum absolute atomic E-state index is 0.00300. The van der Waals surface area contributed by atoms with E-state index in [0.29, 0.717) is 25.3 Å². The molecule has 33 heavy (non-hydrogen) atoms. The molecule has 1 fully saturated rings. The molecule has 2 rings (SSSR count). The van der Waals surface area contributed by atoms with E-state index in [2.05, 4.69) is 19.2 Å². The zero-order valence-corrected chi connectivity index (χ0v) is 20.5. The summed E-state index contributed by atoms with van der Waals surface area (Å²) in [4.78, 5) is 39.4. The fraction of sp³-hybridized carbons (Fsp3) is 0.654. The SMILES string of the molecule is CC[C@H](C)C[C@H](CC(=O)N1CCC[C@H]1C[C@@H](C)C(=O)N[C@@H](Cc1ccccc1)C(=O)O)OC. The van der Waals surface area contributed by atoms with Gasteiger partial charge >= 0.3 is 5.97 Å². The highest BCUT2D eigenvalue weighted by Crippen LogP contribution is 2.26. The number of benzene rings is 1. The third kappa shape index (κ3) is 8.46. The van der Waals surface area contributed by atoms with E-state index in [1.807, 2.05) is 35.2 Å². The zero-order valence-electron chi connectivity index (χ0n) is 20.5. The Kier molecular flexibility index (Phi) is 10.8. The van der Waals surface area contributed by atoms with Crippen molar-refractivity contribution in [2.75, 3.05) is 13.7 Å². The monoisotopic (exact) mass is 460 g/mol. The Balaban J connectivity index is 1.92. The summed E-state index contributed by atoms with van der Waals surface area (Å²) in [6, 6.07) is 8.28. The molecule has 1 aromatic carbocycles. The fourth-order valence-electron chi connectivity index (χ4n) is 4.48. The second-order valence-corrected chi connectivity index (χ2v) is 9.42. The van der Waals surface area contributed by atoms with Gasteiger partial charge in [-0.25, -0.2) is 4.79 Å². The average molecular weight is 461 g/mol. The maximum absolute atomic E-state index is 13.0. The van der Waals surface area contributed by atoms with Gasteiger partial charge in [0.05, 0.1) is 12.5 Å². The standard InChI is InChI=1S/C26H40N2O5/c1-5-18(2)14-22(33-4)17-24(29)28-13-9-12-21(28)15-19(3)25(30)27-23(26(31)32)16-20-10-7-6-8-11-20/h6-8,10-11,18-19,21-23H,5,9,12-17H2,1-4H3,(H,27,30)(H,31,32)/t18-,19+,21-,22+,23-/m0/s1. The molecule has 2 amide bonds. The number of carbonyl (C=O) groups excluding carboxylic acids is 2. The molecule has 0 aromatic heterocycles. The predicted molar refractivity (Wildman–Crippen MR) is 128 cm³/mol. The minimum atomic E-state index is -1.05. The molecule has 0 aliphatic carbocycles. The van der Waals surface area contributed by atoms with E-state index in [9.17, 15) is 19.5 Å². The second kappa shape index (κ2) is 13.3. The van der Waals surface area contributed by atoms with Gasteiger partial charge in [-0.3, -0.25) is 9.59 Å². The van der Waals surface area contributed by atoms with Crippen molar-refractivity contribution >= 4 is 17.8 Å². The second-order valence-electron chi connectivity index (χ2n) is 9.42. The molecule has 1 heterocycles. The normalized spacial score (nSPS) is 19.5. The molecule has 1 aromatic rings. The molecule has 0 bridgehead atoms. The highest BCUT2D eigenvalue weighted by atomic mass is 16.5. The van der Waals surface area contributed by atoms with Crippen LogP contribution in [0.25, 0.3) is 0 Å². The zero-order chi connectivity index (χ0) is 24.4. The number of rotatable bonds is 13. The lowest BCUT2D eigenvalue weighted by Crippen LogP contribution is -2.46. The smallest absolute Gasteiger partial charge is 0.326 e. The Morgan fingerprint density at radius 1 is 1.21 bits per heavy atom. The van der Waals surface area contributed by atoms with Crippen molar-refractivity contribution in [3.63, 3.8) is 0 Å². The first-order valence-corrected chi connectivity index (χ1v) is 12.1. The van der Waals surface area contributed by atoms with Crippen LogP contribution >= 0.6 is 0 Å². The van der Waals surface area contributed by atoms with Crippen molar-refractivity contribution < 1.29 is 24.2 Å². The number of carbonyl (C=O) groups is 3. The number of amides is 2. The topological polar surface area (TPSA) is 95.9 Å². The van der Waals surface area contributed by atoms with E-state index < -0.39 is 12.0 Å². The molecule has 1 aliphatic heterocycles. The molecule has 0 radical (unpaired) electrons. The third-order valence-corrected chi connectivity index (χ3v) is 6.77. The number of likely N-dealkylation sites (tertiary alicyclic amines) is 1. The van der Waals surface area contributed by atoms with Gasteiger partial charge in [-0.1, -0.05) is 57.5 Å². The molecule has 7 heteroatoms. The number of carboxylic acid groups (broad SMARTS) is 1. The van der Waals surface area contributed by atoms with Gasteiger partial charge in [-0.05, 0) is 37.2 Å². The van der Waals surface area contributed by atoms with Crippen LogP contribution in [0.1, 0.15) is 64.9 Å². The molecule has 1 aliphatic rings. The average Bonchev–Trinajstić information content (AvgIpc) is 3.26. The molecule has 0 unspecified atom stereocenters. The molecule has 5 atom stereocenters. The summed E-state index contributed by atoms with van der Waals surface area (Å²) in [7, 11) is 1.66. The van der Waals surface area contributed by atoms with Crippen molar-refractivity contribution in [2.24, 2.45) is 11.8 Å². The predicted octanol–water partition coefficient (Wildman–Crippen LogP) is 3.66. The number of hydrogen-bond acceptors (Lipinski definition) is 4. The van der Waals surface area contributed by atoms with Crippen LogP contribution in [0.3, 0.4) is 0 Å². The summed E-state index contributed by atoms with van der Waals surface area (Å²) in [5.41, 5.74) is 0.857. The highest BCUT2D eigenvalue weighted by Gasteiger charge is 2.33. The molecule has 1 saturated heterocycles. The van der Waals surface area contributed by atoms with E-state index >= 15 is 0 Å². The van der Waals surface area contributed by atoms with Gasteiger partial charge in [0.2, 0.25) is 11.8 Å². The summed E-state index contributed by atoms with van der Waals surface area (Å²) >= 11 is 0. The quantitative estimate of drug-likeness (QED) is 0.468. The highest BCUT2D eigenvalue weighted by molar-refractivity contribution is 5.85. The van der Waals surface area contributed by atoms with Crippen LogP contribution in [0, 0.1) is 11.8 Å². The van der Waals surface area contributed by atoms with Crippen molar-refractivity contribution in [1.82, 2.24) is 10.2 Å². The number of aliphatic carboxylic acids is 1. The maximum atomic E-state index is 13.0. The molecule has 2 N–H and O–H groups in total. The lowest BCUT2D eigenvalue weighted by atomic mass is 9.96. The summed E-state index contributed by atoms with van der Waals surface area (Å²) in [5, 5.41) is 12.3. The Hall–Kier alpha value is -2.41. The maximum Gasteiger partial charge on any atom is 0.326 e. The Morgan fingerprint density at radius 3 is 2.52 bits per heavy atom. The third-order valence-electron chi connectivity index (χ3n) is 6.77. The number of ether oxygens (including phenoxy) is 1. The molecular formula is C26H40N2O5. The van der Waals surface area contributed by atoms with Crippen LogP contribution in [0.15, 0.2) is 30.3 Å². The van der Waals surface area contributed by atoms with Crippen molar-refractivity contribution in [3.8, 4) is 0 Å². The summed E-state index contributed by atoms with van der Waals surface area (Å²) in [6.07, 6.45) is 4.70. The van der Waals surface area contributed by atoms with Crippen LogP contribution in [0.5, 0.6) is 0 Å². The molecule has 0 spiro atoms. The first-order chi connectivity index (χ1) is 15.7. The van der Waals surface area contributed by atoms with E-state index in [1.165, 1.54) is 0 Å². The molecule has 7 nitrogen and oxygen atoms in total. The number of nitrogens with one attached hydrogen (secondary N) is 1. The number of methoxy groups -OCH3 is 1. The van der Waals surface area contributed by atoms with Crippen molar-refractivity contribution in [1.29, 1.82) is 0 Å². The number of nitrogens with zero attached hydrogens (tertiary/aromatic N) is 1. The van der Waals surface area contributed by atoms with Gasteiger partial charge in [-0.15, -0.1) is 0 Å². The summed E-state index contributed by atoms with van der Waals surface area (Å²) < 4.78 is 5.56. The molecular weight excluding hydrogens is 420 g/mol. The summed E-state index contributed by atoms with van der Waals surface area (Å²) in [5.74, 6) is -1.15. The first-order valence-electron chi connectivity index (χ1n) is 12.1. The summed E-state index contributed by atoms with van der Waals surface area (Å²) in [6.45, 7) is 6.80. The van der Waals surface area contributed by atoms with Crippen LogP contribution in [-0.4, -0.2) is 59.6 Å². The van der Waals surface area contributed by atoms with Gasteiger partial charge in [0.1, 0.15) is 6.04 Å². The number of carboxylic acids is 1. The van der Waals surface area contributed by atoms with Crippen LogP contribution in [-0.2, 0) is 25.5 Å². The van der Waals surface area contributed by atoms with Gasteiger partial charge in [-0.2, -0.15) is 0 Å². The van der Waals surface area contributed by atoms with Crippen molar-refractivity contribution in [3.05, 3.63) is 35.9 Å². The lowest BCUT2D eigenvalue weighted by Gasteiger charge is -2.29. The Labute approximate surface area is 197 Å². The van der Waals surface area contributed by atoms with E-state index in [-0.39, 0.29) is 36.3 Å². The Morgan fingerprint density at radius 2 is 1.91 bits per heavy atom.